The van der Waals surface area contributed by atoms with Crippen molar-refractivity contribution in [2.45, 2.75) is 26.7 Å². The lowest BCUT2D eigenvalue weighted by molar-refractivity contribution is 0.102. The molecular formula is C17H20N2O. The summed E-state index contributed by atoms with van der Waals surface area (Å²) in [6, 6.07) is 13.3. The number of anilines is 2. The normalized spacial score (nSPS) is 10.6. The molecule has 2 aromatic rings. The Balaban J connectivity index is 2.15. The number of benzene rings is 2. The van der Waals surface area contributed by atoms with Crippen LogP contribution < -0.4 is 11.1 Å². The molecule has 0 aliphatic heterocycles. The van der Waals surface area contributed by atoms with E-state index in [-0.39, 0.29) is 5.91 Å². The van der Waals surface area contributed by atoms with E-state index in [1.165, 1.54) is 5.56 Å². The third kappa shape index (κ3) is 3.18. The minimum absolute atomic E-state index is 0.181. The molecule has 0 spiro atoms. The second kappa shape index (κ2) is 5.78. The Morgan fingerprint density at radius 3 is 2.30 bits per heavy atom. The molecule has 0 saturated carbocycles. The number of rotatable bonds is 3. The first-order valence-corrected chi connectivity index (χ1v) is 6.75. The molecule has 0 atom stereocenters. The molecule has 0 unspecified atom stereocenters. The van der Waals surface area contributed by atoms with E-state index in [1.54, 1.807) is 12.1 Å². The van der Waals surface area contributed by atoms with Gasteiger partial charge in [-0.2, -0.15) is 0 Å². The van der Waals surface area contributed by atoms with Gasteiger partial charge in [0.2, 0.25) is 0 Å². The van der Waals surface area contributed by atoms with E-state index >= 15 is 0 Å². The zero-order valence-electron chi connectivity index (χ0n) is 12.1. The Bertz CT molecular complexity index is 615. The molecule has 2 aromatic carbocycles. The molecular weight excluding hydrogens is 248 g/mol. The number of carbonyl (C=O) groups excluding carboxylic acids is 1. The number of amides is 1. The van der Waals surface area contributed by atoms with Gasteiger partial charge < -0.3 is 11.1 Å². The maximum absolute atomic E-state index is 12.2. The Morgan fingerprint density at radius 2 is 1.75 bits per heavy atom. The zero-order chi connectivity index (χ0) is 14.7. The van der Waals surface area contributed by atoms with Crippen molar-refractivity contribution in [2.24, 2.45) is 0 Å². The van der Waals surface area contributed by atoms with Crippen LogP contribution in [0, 0.1) is 6.92 Å². The van der Waals surface area contributed by atoms with Gasteiger partial charge in [0.05, 0.1) is 5.56 Å². The van der Waals surface area contributed by atoms with Crippen molar-refractivity contribution in [1.29, 1.82) is 0 Å². The Kier molecular flexibility index (Phi) is 4.08. The number of nitrogen functional groups attached to an aromatic ring is 1. The summed E-state index contributed by atoms with van der Waals surface area (Å²) in [5.41, 5.74) is 9.95. The molecule has 3 N–H and O–H groups in total. The van der Waals surface area contributed by atoms with E-state index in [1.807, 2.05) is 37.3 Å². The number of aryl methyl sites for hydroxylation is 1. The molecule has 0 fully saturated rings. The summed E-state index contributed by atoms with van der Waals surface area (Å²) in [4.78, 5) is 12.2. The minimum Gasteiger partial charge on any atom is -0.398 e. The molecule has 0 radical (unpaired) electrons. The van der Waals surface area contributed by atoms with Crippen molar-refractivity contribution in [3.8, 4) is 0 Å². The topological polar surface area (TPSA) is 55.1 Å². The van der Waals surface area contributed by atoms with Crippen LogP contribution in [0.2, 0.25) is 0 Å². The van der Waals surface area contributed by atoms with Crippen LogP contribution in [0.4, 0.5) is 11.4 Å². The fraction of sp³-hybridized carbons (Fsp3) is 0.235. The van der Waals surface area contributed by atoms with Crippen LogP contribution >= 0.6 is 0 Å². The molecule has 0 saturated heterocycles. The van der Waals surface area contributed by atoms with Crippen molar-refractivity contribution in [3.63, 3.8) is 0 Å². The van der Waals surface area contributed by atoms with E-state index in [0.29, 0.717) is 17.2 Å². The highest BCUT2D eigenvalue weighted by atomic mass is 16.1. The summed E-state index contributed by atoms with van der Waals surface area (Å²) in [5.74, 6) is 0.298. The van der Waals surface area contributed by atoms with Crippen molar-refractivity contribution >= 4 is 17.3 Å². The summed E-state index contributed by atoms with van der Waals surface area (Å²) in [6.45, 7) is 6.23. The van der Waals surface area contributed by atoms with Crippen molar-refractivity contribution in [3.05, 3.63) is 59.2 Å². The molecule has 0 bridgehead atoms. The van der Waals surface area contributed by atoms with Crippen LogP contribution in [-0.2, 0) is 0 Å². The smallest absolute Gasteiger partial charge is 0.257 e. The van der Waals surface area contributed by atoms with Gasteiger partial charge in [0, 0.05) is 11.4 Å². The molecule has 2 rings (SSSR count). The van der Waals surface area contributed by atoms with Gasteiger partial charge in [-0.3, -0.25) is 4.79 Å². The highest BCUT2D eigenvalue weighted by molar-refractivity contribution is 6.07. The fourth-order valence-corrected chi connectivity index (χ4v) is 2.04. The second-order valence-electron chi connectivity index (χ2n) is 5.32. The van der Waals surface area contributed by atoms with Gasteiger partial charge in [0.15, 0.2) is 0 Å². The average molecular weight is 268 g/mol. The first kappa shape index (κ1) is 14.1. The Morgan fingerprint density at radius 1 is 1.10 bits per heavy atom. The van der Waals surface area contributed by atoms with Gasteiger partial charge in [0.25, 0.3) is 5.91 Å². The SMILES string of the molecule is Cc1ccc(C(=O)Nc2ccc(C(C)C)cc2)c(N)c1. The molecule has 0 aliphatic rings. The lowest BCUT2D eigenvalue weighted by Crippen LogP contribution is -2.14. The number of hydrogen-bond acceptors (Lipinski definition) is 2. The summed E-state index contributed by atoms with van der Waals surface area (Å²) < 4.78 is 0. The second-order valence-corrected chi connectivity index (χ2v) is 5.32. The molecule has 3 nitrogen and oxygen atoms in total. The summed E-state index contributed by atoms with van der Waals surface area (Å²) >= 11 is 0. The maximum atomic E-state index is 12.2. The van der Waals surface area contributed by atoms with Crippen molar-refractivity contribution in [2.75, 3.05) is 11.1 Å². The van der Waals surface area contributed by atoms with Gasteiger partial charge >= 0.3 is 0 Å². The number of hydrogen-bond donors (Lipinski definition) is 2. The molecule has 0 aromatic heterocycles. The predicted octanol–water partition coefficient (Wildman–Crippen LogP) is 3.95. The lowest BCUT2D eigenvalue weighted by atomic mass is 10.0. The Hall–Kier alpha value is -2.29. The maximum Gasteiger partial charge on any atom is 0.257 e. The van der Waals surface area contributed by atoms with E-state index in [4.69, 9.17) is 5.73 Å². The van der Waals surface area contributed by atoms with Crippen molar-refractivity contribution < 1.29 is 4.79 Å². The van der Waals surface area contributed by atoms with Gasteiger partial charge in [-0.1, -0.05) is 32.0 Å². The Labute approximate surface area is 119 Å². The van der Waals surface area contributed by atoms with E-state index in [9.17, 15) is 4.79 Å². The van der Waals surface area contributed by atoms with Crippen LogP contribution in [0.3, 0.4) is 0 Å². The van der Waals surface area contributed by atoms with Gasteiger partial charge in [-0.25, -0.2) is 0 Å². The fourth-order valence-electron chi connectivity index (χ4n) is 2.04. The van der Waals surface area contributed by atoms with Crippen molar-refractivity contribution in [1.82, 2.24) is 0 Å². The van der Waals surface area contributed by atoms with Crippen LogP contribution in [-0.4, -0.2) is 5.91 Å². The third-order valence-corrected chi connectivity index (χ3v) is 3.29. The minimum atomic E-state index is -0.181. The average Bonchev–Trinajstić information content (AvgIpc) is 2.39. The first-order valence-electron chi connectivity index (χ1n) is 6.75. The molecule has 3 heteroatoms. The van der Waals surface area contributed by atoms with Gasteiger partial charge in [0.1, 0.15) is 0 Å². The quantitative estimate of drug-likeness (QED) is 0.828. The summed E-state index contributed by atoms with van der Waals surface area (Å²) in [7, 11) is 0. The van der Waals surface area contributed by atoms with Gasteiger partial charge in [-0.15, -0.1) is 0 Å². The molecule has 104 valence electrons. The third-order valence-electron chi connectivity index (χ3n) is 3.29. The summed E-state index contributed by atoms with van der Waals surface area (Å²) in [5, 5.41) is 2.87. The van der Waals surface area contributed by atoms with Crippen LogP contribution in [0.25, 0.3) is 0 Å². The largest absolute Gasteiger partial charge is 0.398 e. The van der Waals surface area contributed by atoms with E-state index in [0.717, 1.165) is 11.3 Å². The van der Waals surface area contributed by atoms with Gasteiger partial charge in [-0.05, 0) is 48.2 Å². The molecule has 20 heavy (non-hydrogen) atoms. The van der Waals surface area contributed by atoms with Crippen LogP contribution in [0.5, 0.6) is 0 Å². The predicted molar refractivity (Wildman–Crippen MR) is 84.1 cm³/mol. The molecule has 0 heterocycles. The monoisotopic (exact) mass is 268 g/mol. The van der Waals surface area contributed by atoms with Crippen LogP contribution in [0.1, 0.15) is 41.3 Å². The standard InChI is InChI=1S/C17H20N2O/c1-11(2)13-5-7-14(8-6-13)19-17(20)15-9-4-12(3)10-16(15)18/h4-11H,18H2,1-3H3,(H,19,20). The zero-order valence-corrected chi connectivity index (χ0v) is 12.1. The highest BCUT2D eigenvalue weighted by Gasteiger charge is 2.10. The number of nitrogens with two attached hydrogens (primary N) is 1. The number of nitrogens with one attached hydrogen (secondary N) is 1. The summed E-state index contributed by atoms with van der Waals surface area (Å²) in [6.07, 6.45) is 0. The van der Waals surface area contributed by atoms with E-state index < -0.39 is 0 Å². The first-order chi connectivity index (χ1) is 9.47. The highest BCUT2D eigenvalue weighted by Crippen LogP contribution is 2.19. The van der Waals surface area contributed by atoms with Crippen LogP contribution in [0.15, 0.2) is 42.5 Å². The number of carbonyl (C=O) groups is 1. The molecule has 0 aliphatic carbocycles. The lowest BCUT2D eigenvalue weighted by Gasteiger charge is -2.10. The van der Waals surface area contributed by atoms with E-state index in [2.05, 4.69) is 19.2 Å². The molecule has 1 amide bonds.